The third kappa shape index (κ3) is 3.24. The van der Waals surface area contributed by atoms with E-state index in [2.05, 4.69) is 18.8 Å². The lowest BCUT2D eigenvalue weighted by atomic mass is 10.2. The van der Waals surface area contributed by atoms with E-state index in [0.717, 1.165) is 4.90 Å². The first kappa shape index (κ1) is 10.3. The Morgan fingerprint density at radius 2 is 2.15 bits per heavy atom. The minimum absolute atomic E-state index is 0.0534. The molecule has 1 aromatic heterocycles. The van der Waals surface area contributed by atoms with Crippen LogP contribution in [0.4, 0.5) is 5.82 Å². The van der Waals surface area contributed by atoms with E-state index < -0.39 is 0 Å². The Morgan fingerprint density at radius 3 is 2.62 bits per heavy atom. The molecule has 72 valence electrons. The van der Waals surface area contributed by atoms with E-state index in [0.29, 0.717) is 12.4 Å². The number of aromatic nitrogens is 1. The summed E-state index contributed by atoms with van der Waals surface area (Å²) in [7, 11) is 0. The summed E-state index contributed by atoms with van der Waals surface area (Å²) in [4.78, 5) is 5.12. The van der Waals surface area contributed by atoms with Crippen LogP contribution in [0.2, 0.25) is 0 Å². The van der Waals surface area contributed by atoms with E-state index in [1.807, 2.05) is 6.07 Å². The van der Waals surface area contributed by atoms with E-state index >= 15 is 0 Å². The monoisotopic (exact) mass is 197 g/mol. The smallest absolute Gasteiger partial charge is 0.123 e. The van der Waals surface area contributed by atoms with Gasteiger partial charge in [0, 0.05) is 22.4 Å². The van der Waals surface area contributed by atoms with Crippen molar-refractivity contribution in [2.45, 2.75) is 23.5 Å². The van der Waals surface area contributed by atoms with Crippen LogP contribution in [0.15, 0.2) is 23.2 Å². The number of thioether (sulfide) groups is 1. The van der Waals surface area contributed by atoms with Crippen LogP contribution < -0.4 is 11.5 Å². The SMILES string of the molecule is CC(C)(CN)Sc1ccc(N)nc1. The van der Waals surface area contributed by atoms with E-state index in [4.69, 9.17) is 11.5 Å². The molecule has 4 heteroatoms. The number of hydrogen-bond donors (Lipinski definition) is 2. The Kier molecular flexibility index (Phi) is 3.17. The van der Waals surface area contributed by atoms with Gasteiger partial charge in [0.05, 0.1) is 0 Å². The number of nitrogens with zero attached hydrogens (tertiary/aromatic N) is 1. The standard InChI is InChI=1S/C9H15N3S/c1-9(2,6-10)13-7-3-4-8(11)12-5-7/h3-5H,6,10H2,1-2H3,(H2,11,12). The van der Waals surface area contributed by atoms with Crippen molar-refractivity contribution in [1.82, 2.24) is 4.98 Å². The molecule has 0 atom stereocenters. The Morgan fingerprint density at radius 1 is 1.46 bits per heavy atom. The highest BCUT2D eigenvalue weighted by atomic mass is 32.2. The Balaban J connectivity index is 2.69. The molecule has 0 aliphatic carbocycles. The number of nitrogen functional groups attached to an aromatic ring is 1. The molecule has 0 radical (unpaired) electrons. The zero-order chi connectivity index (χ0) is 9.90. The van der Waals surface area contributed by atoms with Crippen molar-refractivity contribution in [3.63, 3.8) is 0 Å². The fourth-order valence-corrected chi connectivity index (χ4v) is 1.78. The van der Waals surface area contributed by atoms with Gasteiger partial charge in [-0.05, 0) is 26.0 Å². The summed E-state index contributed by atoms with van der Waals surface area (Å²) in [5, 5.41) is 0. The molecule has 0 saturated carbocycles. The highest BCUT2D eigenvalue weighted by molar-refractivity contribution is 8.00. The van der Waals surface area contributed by atoms with Gasteiger partial charge in [-0.25, -0.2) is 4.98 Å². The number of pyridine rings is 1. The van der Waals surface area contributed by atoms with Crippen LogP contribution in [0.25, 0.3) is 0 Å². The van der Waals surface area contributed by atoms with Crippen LogP contribution >= 0.6 is 11.8 Å². The molecule has 1 rings (SSSR count). The molecule has 0 aliphatic rings. The zero-order valence-corrected chi connectivity index (χ0v) is 8.77. The second-order valence-corrected chi connectivity index (χ2v) is 5.27. The summed E-state index contributed by atoms with van der Waals surface area (Å²) in [5.74, 6) is 0.551. The second-order valence-electron chi connectivity index (χ2n) is 3.48. The number of nitrogens with two attached hydrogens (primary N) is 2. The Bertz CT molecular complexity index is 269. The van der Waals surface area contributed by atoms with Crippen molar-refractivity contribution in [3.8, 4) is 0 Å². The number of anilines is 1. The van der Waals surface area contributed by atoms with Gasteiger partial charge < -0.3 is 11.5 Å². The van der Waals surface area contributed by atoms with Gasteiger partial charge in [-0.2, -0.15) is 0 Å². The second kappa shape index (κ2) is 3.98. The van der Waals surface area contributed by atoms with Gasteiger partial charge >= 0.3 is 0 Å². The van der Waals surface area contributed by atoms with Crippen molar-refractivity contribution in [2.75, 3.05) is 12.3 Å². The van der Waals surface area contributed by atoms with Gasteiger partial charge in [0.25, 0.3) is 0 Å². The summed E-state index contributed by atoms with van der Waals surface area (Å²) in [6.07, 6.45) is 1.78. The predicted octanol–water partition coefficient (Wildman–Crippen LogP) is 1.49. The van der Waals surface area contributed by atoms with Crippen molar-refractivity contribution in [1.29, 1.82) is 0 Å². The van der Waals surface area contributed by atoms with Crippen LogP contribution in [0.3, 0.4) is 0 Å². The van der Waals surface area contributed by atoms with Crippen LogP contribution in [-0.4, -0.2) is 16.3 Å². The summed E-state index contributed by atoms with van der Waals surface area (Å²) in [6.45, 7) is 4.85. The molecular formula is C9H15N3S. The van der Waals surface area contributed by atoms with E-state index in [1.54, 1.807) is 24.0 Å². The molecule has 13 heavy (non-hydrogen) atoms. The molecular weight excluding hydrogens is 182 g/mol. The van der Waals surface area contributed by atoms with Crippen LogP contribution in [0.1, 0.15) is 13.8 Å². The molecule has 1 heterocycles. The lowest BCUT2D eigenvalue weighted by molar-refractivity contribution is 0.723. The van der Waals surface area contributed by atoms with E-state index in [1.165, 1.54) is 0 Å². The first-order chi connectivity index (χ1) is 6.03. The third-order valence-corrected chi connectivity index (χ3v) is 2.84. The molecule has 1 aromatic rings. The van der Waals surface area contributed by atoms with Gasteiger partial charge in [0.1, 0.15) is 5.82 Å². The molecule has 0 aromatic carbocycles. The van der Waals surface area contributed by atoms with Gasteiger partial charge in [-0.15, -0.1) is 11.8 Å². The summed E-state index contributed by atoms with van der Waals surface area (Å²) < 4.78 is 0.0534. The molecule has 0 bridgehead atoms. The quantitative estimate of drug-likeness (QED) is 0.721. The lowest BCUT2D eigenvalue weighted by Gasteiger charge is -2.21. The zero-order valence-electron chi connectivity index (χ0n) is 7.95. The first-order valence-corrected chi connectivity index (χ1v) is 4.96. The average Bonchev–Trinajstić information content (AvgIpc) is 2.09. The van der Waals surface area contributed by atoms with Crippen LogP contribution in [-0.2, 0) is 0 Å². The maximum absolute atomic E-state index is 5.62. The van der Waals surface area contributed by atoms with Gasteiger partial charge in [0.15, 0.2) is 0 Å². The molecule has 4 N–H and O–H groups in total. The van der Waals surface area contributed by atoms with E-state index in [9.17, 15) is 0 Å². The normalized spacial score (nSPS) is 11.6. The van der Waals surface area contributed by atoms with Crippen molar-refractivity contribution >= 4 is 17.6 Å². The third-order valence-electron chi connectivity index (χ3n) is 1.64. The minimum atomic E-state index is 0.0534. The minimum Gasteiger partial charge on any atom is -0.384 e. The molecule has 3 nitrogen and oxygen atoms in total. The van der Waals surface area contributed by atoms with Crippen molar-refractivity contribution in [3.05, 3.63) is 18.3 Å². The highest BCUT2D eigenvalue weighted by Gasteiger charge is 2.16. The molecule has 0 spiro atoms. The largest absolute Gasteiger partial charge is 0.384 e. The highest BCUT2D eigenvalue weighted by Crippen LogP contribution is 2.30. The predicted molar refractivity (Wildman–Crippen MR) is 57.6 cm³/mol. The van der Waals surface area contributed by atoms with Gasteiger partial charge in [0.2, 0.25) is 0 Å². The summed E-state index contributed by atoms with van der Waals surface area (Å²) in [6, 6.07) is 3.76. The van der Waals surface area contributed by atoms with Gasteiger partial charge in [-0.1, -0.05) is 0 Å². The molecule has 0 unspecified atom stereocenters. The average molecular weight is 197 g/mol. The van der Waals surface area contributed by atoms with Crippen molar-refractivity contribution in [2.24, 2.45) is 5.73 Å². The Labute approximate surface area is 82.9 Å². The summed E-state index contributed by atoms with van der Waals surface area (Å²) in [5.41, 5.74) is 11.1. The first-order valence-electron chi connectivity index (χ1n) is 4.14. The number of rotatable bonds is 3. The fourth-order valence-electron chi connectivity index (χ4n) is 0.813. The molecule has 0 aliphatic heterocycles. The molecule has 0 amide bonds. The van der Waals surface area contributed by atoms with Crippen LogP contribution in [0.5, 0.6) is 0 Å². The van der Waals surface area contributed by atoms with E-state index in [-0.39, 0.29) is 4.75 Å². The Hall–Kier alpha value is -0.740. The van der Waals surface area contributed by atoms with Crippen molar-refractivity contribution < 1.29 is 0 Å². The van der Waals surface area contributed by atoms with Gasteiger partial charge in [-0.3, -0.25) is 0 Å². The topological polar surface area (TPSA) is 64.9 Å². The molecule has 0 fully saturated rings. The molecule has 0 saturated heterocycles. The maximum atomic E-state index is 5.62. The number of hydrogen-bond acceptors (Lipinski definition) is 4. The lowest BCUT2D eigenvalue weighted by Crippen LogP contribution is -2.26. The van der Waals surface area contributed by atoms with Crippen LogP contribution in [0, 0.1) is 0 Å². The summed E-state index contributed by atoms with van der Waals surface area (Å²) >= 11 is 1.71. The maximum Gasteiger partial charge on any atom is 0.123 e. The fraction of sp³-hybridized carbons (Fsp3) is 0.444.